The fourth-order valence-electron chi connectivity index (χ4n) is 1.44. The van der Waals surface area contributed by atoms with Gasteiger partial charge in [0.15, 0.2) is 0 Å². The summed E-state index contributed by atoms with van der Waals surface area (Å²) in [5.41, 5.74) is 4.43. The molecular formula is C10H13NOS. The highest BCUT2D eigenvalue weighted by atomic mass is 32.2. The molecule has 0 aliphatic carbocycles. The van der Waals surface area contributed by atoms with Crippen LogP contribution in [0.25, 0.3) is 0 Å². The van der Waals surface area contributed by atoms with Crippen molar-refractivity contribution in [3.05, 3.63) is 29.8 Å². The first-order chi connectivity index (χ1) is 6.42. The smallest absolute Gasteiger partial charge is 0.0676 e. The molecule has 1 aliphatic rings. The van der Waals surface area contributed by atoms with Crippen LogP contribution in [0.2, 0.25) is 0 Å². The Balaban J connectivity index is 2.09. The van der Waals surface area contributed by atoms with Gasteiger partial charge in [-0.2, -0.15) is 5.48 Å². The second-order valence-corrected chi connectivity index (χ2v) is 4.01. The highest BCUT2D eigenvalue weighted by molar-refractivity contribution is 7.99. The maximum Gasteiger partial charge on any atom is 0.0676 e. The molecule has 0 aromatic heterocycles. The molecule has 0 radical (unpaired) electrons. The molecule has 1 N–H and O–H groups in total. The lowest BCUT2D eigenvalue weighted by molar-refractivity contribution is 0.0299. The van der Waals surface area contributed by atoms with Gasteiger partial charge in [-0.15, -0.1) is 11.8 Å². The summed E-state index contributed by atoms with van der Waals surface area (Å²) in [6.07, 6.45) is 0. The number of fused-ring (bicyclic) bond motifs is 1. The van der Waals surface area contributed by atoms with Crippen molar-refractivity contribution in [3.63, 3.8) is 0 Å². The summed E-state index contributed by atoms with van der Waals surface area (Å²) in [5.74, 6) is 1.07. The molecule has 2 nitrogen and oxygen atoms in total. The third-order valence-electron chi connectivity index (χ3n) is 2.07. The van der Waals surface area contributed by atoms with Crippen LogP contribution in [0.1, 0.15) is 18.5 Å². The molecule has 1 aromatic rings. The molecule has 1 unspecified atom stereocenters. The Bertz CT molecular complexity index is 290. The van der Waals surface area contributed by atoms with Crippen molar-refractivity contribution in [1.82, 2.24) is 5.48 Å². The van der Waals surface area contributed by atoms with Gasteiger partial charge in [0.25, 0.3) is 0 Å². The third kappa shape index (κ3) is 1.88. The lowest BCUT2D eigenvalue weighted by Crippen LogP contribution is -2.21. The molecule has 1 atom stereocenters. The van der Waals surface area contributed by atoms with Gasteiger partial charge >= 0.3 is 0 Å². The standard InChI is InChI=1S/C10H13NOS/c1-2-12-11-9-7-13-10-6-4-3-5-8(9)10/h3-6,9,11H,2,7H2,1H3. The van der Waals surface area contributed by atoms with E-state index in [1.807, 2.05) is 18.7 Å². The predicted octanol–water partition coefficient (Wildman–Crippen LogP) is 2.37. The molecule has 1 aliphatic heterocycles. The number of nitrogens with one attached hydrogen (secondary N) is 1. The maximum atomic E-state index is 5.21. The van der Waals surface area contributed by atoms with Crippen molar-refractivity contribution in [2.45, 2.75) is 17.9 Å². The van der Waals surface area contributed by atoms with Crippen molar-refractivity contribution in [3.8, 4) is 0 Å². The molecule has 0 fully saturated rings. The van der Waals surface area contributed by atoms with Gasteiger partial charge in [-0.25, -0.2) is 0 Å². The largest absolute Gasteiger partial charge is 0.301 e. The molecule has 0 saturated carbocycles. The quantitative estimate of drug-likeness (QED) is 0.748. The second-order valence-electron chi connectivity index (χ2n) is 2.95. The number of thioether (sulfide) groups is 1. The Morgan fingerprint density at radius 1 is 1.54 bits per heavy atom. The zero-order chi connectivity index (χ0) is 9.10. The van der Waals surface area contributed by atoms with Crippen molar-refractivity contribution >= 4 is 11.8 Å². The average molecular weight is 195 g/mol. The van der Waals surface area contributed by atoms with Gasteiger partial charge in [0.1, 0.15) is 0 Å². The van der Waals surface area contributed by atoms with E-state index in [1.165, 1.54) is 10.5 Å². The Morgan fingerprint density at radius 3 is 3.23 bits per heavy atom. The monoisotopic (exact) mass is 195 g/mol. The molecule has 0 saturated heterocycles. The molecule has 3 heteroatoms. The first-order valence-electron chi connectivity index (χ1n) is 4.51. The number of hydroxylamine groups is 1. The molecule has 70 valence electrons. The van der Waals surface area contributed by atoms with E-state index in [0.29, 0.717) is 12.6 Å². The van der Waals surface area contributed by atoms with Gasteiger partial charge < -0.3 is 4.84 Å². The summed E-state index contributed by atoms with van der Waals surface area (Å²) in [6.45, 7) is 2.70. The second kappa shape index (κ2) is 4.13. The van der Waals surface area contributed by atoms with Crippen LogP contribution >= 0.6 is 11.8 Å². The lowest BCUT2D eigenvalue weighted by atomic mass is 10.1. The fraction of sp³-hybridized carbons (Fsp3) is 0.400. The highest BCUT2D eigenvalue weighted by Crippen LogP contribution is 2.37. The van der Waals surface area contributed by atoms with Crippen LogP contribution in [0.5, 0.6) is 0 Å². The molecular weight excluding hydrogens is 182 g/mol. The number of hydrogen-bond donors (Lipinski definition) is 1. The molecule has 2 rings (SSSR count). The van der Waals surface area contributed by atoms with Crippen LogP contribution in [0.4, 0.5) is 0 Å². The van der Waals surface area contributed by atoms with Crippen LogP contribution in [0.15, 0.2) is 29.2 Å². The molecule has 0 bridgehead atoms. The third-order valence-corrected chi connectivity index (χ3v) is 3.25. The molecule has 0 spiro atoms. The van der Waals surface area contributed by atoms with E-state index in [4.69, 9.17) is 4.84 Å². The van der Waals surface area contributed by atoms with Gasteiger partial charge in [-0.1, -0.05) is 18.2 Å². The van der Waals surface area contributed by atoms with Gasteiger partial charge in [0.05, 0.1) is 12.6 Å². The summed E-state index contributed by atoms with van der Waals surface area (Å²) in [4.78, 5) is 6.59. The van der Waals surface area contributed by atoms with E-state index >= 15 is 0 Å². The Labute approximate surface area is 82.6 Å². The molecule has 13 heavy (non-hydrogen) atoms. The SMILES string of the molecule is CCONC1CSc2ccccc21. The fourth-order valence-corrected chi connectivity index (χ4v) is 2.59. The number of hydrogen-bond acceptors (Lipinski definition) is 3. The van der Waals surface area contributed by atoms with Crippen LogP contribution in [-0.4, -0.2) is 12.4 Å². The van der Waals surface area contributed by atoms with Crippen molar-refractivity contribution in [1.29, 1.82) is 0 Å². The minimum atomic E-state index is 0.362. The van der Waals surface area contributed by atoms with E-state index in [2.05, 4.69) is 29.7 Å². The lowest BCUT2D eigenvalue weighted by Gasteiger charge is -2.11. The summed E-state index contributed by atoms with van der Waals surface area (Å²) in [5, 5.41) is 0. The van der Waals surface area contributed by atoms with Gasteiger partial charge in [-0.3, -0.25) is 0 Å². The summed E-state index contributed by atoms with van der Waals surface area (Å²) < 4.78 is 0. The normalized spacial score (nSPS) is 20.2. The number of rotatable bonds is 3. The van der Waals surface area contributed by atoms with Crippen LogP contribution < -0.4 is 5.48 Å². The molecule has 1 heterocycles. The first-order valence-corrected chi connectivity index (χ1v) is 5.49. The molecule has 0 amide bonds. The van der Waals surface area contributed by atoms with Crippen LogP contribution in [-0.2, 0) is 4.84 Å². The van der Waals surface area contributed by atoms with Crippen molar-refractivity contribution in [2.24, 2.45) is 0 Å². The van der Waals surface area contributed by atoms with E-state index in [-0.39, 0.29) is 0 Å². The maximum absolute atomic E-state index is 5.21. The van der Waals surface area contributed by atoms with Crippen molar-refractivity contribution < 1.29 is 4.84 Å². The topological polar surface area (TPSA) is 21.3 Å². The van der Waals surface area contributed by atoms with Gasteiger partial charge in [-0.05, 0) is 18.6 Å². The minimum absolute atomic E-state index is 0.362. The zero-order valence-electron chi connectivity index (χ0n) is 7.62. The Kier molecular flexibility index (Phi) is 2.88. The van der Waals surface area contributed by atoms with E-state index < -0.39 is 0 Å². The summed E-state index contributed by atoms with van der Waals surface area (Å²) in [6, 6.07) is 8.83. The van der Waals surface area contributed by atoms with E-state index in [1.54, 1.807) is 0 Å². The van der Waals surface area contributed by atoms with Gasteiger partial charge in [0.2, 0.25) is 0 Å². The average Bonchev–Trinajstić information content (AvgIpc) is 2.58. The minimum Gasteiger partial charge on any atom is -0.301 e. The van der Waals surface area contributed by atoms with E-state index in [9.17, 15) is 0 Å². The Morgan fingerprint density at radius 2 is 2.38 bits per heavy atom. The zero-order valence-corrected chi connectivity index (χ0v) is 8.43. The number of benzene rings is 1. The molecule has 1 aromatic carbocycles. The summed E-state index contributed by atoms with van der Waals surface area (Å²) >= 11 is 1.88. The summed E-state index contributed by atoms with van der Waals surface area (Å²) in [7, 11) is 0. The first kappa shape index (κ1) is 9.06. The van der Waals surface area contributed by atoms with Crippen LogP contribution in [0.3, 0.4) is 0 Å². The highest BCUT2D eigenvalue weighted by Gasteiger charge is 2.21. The Hall–Kier alpha value is -0.510. The predicted molar refractivity (Wildman–Crippen MR) is 54.7 cm³/mol. The van der Waals surface area contributed by atoms with E-state index in [0.717, 1.165) is 5.75 Å². The van der Waals surface area contributed by atoms with Crippen molar-refractivity contribution in [2.75, 3.05) is 12.4 Å². The van der Waals surface area contributed by atoms with Crippen LogP contribution in [0, 0.1) is 0 Å². The van der Waals surface area contributed by atoms with Gasteiger partial charge in [0, 0.05) is 10.6 Å².